The molecular weight excluding hydrogens is 342 g/mol. The van der Waals surface area contributed by atoms with Crippen molar-refractivity contribution in [2.45, 2.75) is 44.8 Å². The minimum atomic E-state index is -0.209. The van der Waals surface area contributed by atoms with E-state index in [2.05, 4.69) is 80.3 Å². The molecule has 1 saturated carbocycles. The van der Waals surface area contributed by atoms with Crippen molar-refractivity contribution in [1.29, 1.82) is 0 Å². The number of allylic oxidation sites excluding steroid dienone is 3. The second-order valence-corrected chi connectivity index (χ2v) is 8.20. The van der Waals surface area contributed by atoms with Crippen LogP contribution in [0.5, 0.6) is 0 Å². The first kappa shape index (κ1) is 18.8. The number of aryl methyl sites for hydroxylation is 1. The molecule has 144 valence electrons. The maximum Gasteiger partial charge on any atom is 0.0876 e. The third-order valence-electron chi connectivity index (χ3n) is 5.96. The van der Waals surface area contributed by atoms with Crippen molar-refractivity contribution in [3.63, 3.8) is 0 Å². The summed E-state index contributed by atoms with van der Waals surface area (Å²) in [7, 11) is 2.12. The number of fused-ring (bicyclic) bond motifs is 1. The lowest BCUT2D eigenvalue weighted by atomic mass is 9.87. The molecule has 2 heteroatoms. The summed E-state index contributed by atoms with van der Waals surface area (Å²) in [6.07, 6.45) is 16.2. The highest BCUT2D eigenvalue weighted by molar-refractivity contribution is 5.96. The van der Waals surface area contributed by atoms with Crippen LogP contribution in [0.15, 0.2) is 61.2 Å². The maximum atomic E-state index is 6.30. The third kappa shape index (κ3) is 3.22. The molecule has 0 saturated heterocycles. The summed E-state index contributed by atoms with van der Waals surface area (Å²) < 4.78 is 8.55. The monoisotopic (exact) mass is 371 g/mol. The van der Waals surface area contributed by atoms with E-state index in [1.165, 1.54) is 38.9 Å². The van der Waals surface area contributed by atoms with Gasteiger partial charge in [0.2, 0.25) is 0 Å². The first-order valence-electron chi connectivity index (χ1n) is 10.1. The van der Waals surface area contributed by atoms with Crippen LogP contribution >= 0.6 is 0 Å². The fourth-order valence-electron chi connectivity index (χ4n) is 4.30. The number of nitrogens with zero attached hydrogens (tertiary/aromatic N) is 1. The normalized spacial score (nSPS) is 22.7. The van der Waals surface area contributed by atoms with Crippen molar-refractivity contribution in [2.75, 3.05) is 0 Å². The minimum Gasteiger partial charge on any atom is -0.367 e. The van der Waals surface area contributed by atoms with Gasteiger partial charge in [-0.3, -0.25) is 0 Å². The molecule has 2 aliphatic rings. The zero-order chi connectivity index (χ0) is 19.9. The lowest BCUT2D eigenvalue weighted by Crippen LogP contribution is -2.36. The van der Waals surface area contributed by atoms with Crippen molar-refractivity contribution in [1.82, 2.24) is 4.57 Å². The summed E-state index contributed by atoms with van der Waals surface area (Å²) in [4.78, 5) is 0. The molecule has 1 atom stereocenters. The van der Waals surface area contributed by atoms with Gasteiger partial charge in [0.05, 0.1) is 11.7 Å². The van der Waals surface area contributed by atoms with Crippen LogP contribution in [0.4, 0.5) is 0 Å². The lowest BCUT2D eigenvalue weighted by molar-refractivity contribution is -0.0670. The highest BCUT2D eigenvalue weighted by Crippen LogP contribution is 2.37. The second-order valence-electron chi connectivity index (χ2n) is 8.20. The van der Waals surface area contributed by atoms with E-state index in [4.69, 9.17) is 4.74 Å². The van der Waals surface area contributed by atoms with E-state index in [-0.39, 0.29) is 5.60 Å². The van der Waals surface area contributed by atoms with Gasteiger partial charge in [0.25, 0.3) is 0 Å². The quantitative estimate of drug-likeness (QED) is 0.534. The SMILES string of the molecule is C=Cc1c(/C=C\C)n(C)c2cc(C3=CCC(C)(OC4CC(=C)C4)C=C3)ccc12. The molecule has 2 aliphatic carbocycles. The van der Waals surface area contributed by atoms with Crippen molar-refractivity contribution in [3.8, 4) is 0 Å². The summed E-state index contributed by atoms with van der Waals surface area (Å²) in [5, 5.41) is 1.24. The highest BCUT2D eigenvalue weighted by Gasteiger charge is 2.32. The Morgan fingerprint density at radius 3 is 2.68 bits per heavy atom. The molecule has 0 amide bonds. The fraction of sp³-hybridized carbons (Fsp3) is 0.308. The molecule has 4 rings (SSSR count). The summed E-state index contributed by atoms with van der Waals surface area (Å²) in [6.45, 7) is 12.3. The molecule has 0 N–H and O–H groups in total. The number of ether oxygens (including phenoxy) is 1. The van der Waals surface area contributed by atoms with Crippen LogP contribution in [0, 0.1) is 0 Å². The van der Waals surface area contributed by atoms with Crippen LogP contribution in [0.1, 0.15) is 49.9 Å². The Bertz CT molecular complexity index is 1040. The summed E-state index contributed by atoms with van der Waals surface area (Å²) >= 11 is 0. The summed E-state index contributed by atoms with van der Waals surface area (Å²) in [5.74, 6) is 0. The molecular formula is C26H29NO. The predicted octanol–water partition coefficient (Wildman–Crippen LogP) is 6.69. The van der Waals surface area contributed by atoms with Crippen LogP contribution < -0.4 is 0 Å². The molecule has 0 aliphatic heterocycles. The molecule has 1 aromatic carbocycles. The molecule has 1 heterocycles. The van der Waals surface area contributed by atoms with Gasteiger partial charge in [0, 0.05) is 29.2 Å². The third-order valence-corrected chi connectivity index (χ3v) is 5.96. The largest absolute Gasteiger partial charge is 0.367 e. The molecule has 0 radical (unpaired) electrons. The maximum absolute atomic E-state index is 6.30. The lowest BCUT2D eigenvalue weighted by Gasteiger charge is -2.38. The molecule has 2 nitrogen and oxygen atoms in total. The Kier molecular flexibility index (Phi) is 4.76. The van der Waals surface area contributed by atoms with Crippen molar-refractivity contribution in [2.24, 2.45) is 7.05 Å². The Balaban J connectivity index is 1.62. The van der Waals surface area contributed by atoms with Gasteiger partial charge in [-0.05, 0) is 56.4 Å². The average Bonchev–Trinajstić information content (AvgIpc) is 2.92. The second kappa shape index (κ2) is 7.10. The number of benzene rings is 1. The molecule has 1 aromatic heterocycles. The molecule has 0 bridgehead atoms. The van der Waals surface area contributed by atoms with E-state index in [0.717, 1.165) is 19.3 Å². The Labute approximate surface area is 168 Å². The Hall–Kier alpha value is -2.58. The van der Waals surface area contributed by atoms with Gasteiger partial charge in [-0.15, -0.1) is 0 Å². The summed E-state index contributed by atoms with van der Waals surface area (Å²) in [6, 6.07) is 6.71. The zero-order valence-corrected chi connectivity index (χ0v) is 17.2. The summed E-state index contributed by atoms with van der Waals surface area (Å²) in [5.41, 5.74) is 7.21. The van der Waals surface area contributed by atoms with Crippen LogP contribution in [0.25, 0.3) is 28.6 Å². The molecule has 28 heavy (non-hydrogen) atoms. The van der Waals surface area contributed by atoms with Crippen LogP contribution in [-0.4, -0.2) is 16.3 Å². The van der Waals surface area contributed by atoms with E-state index in [1.54, 1.807) is 0 Å². The van der Waals surface area contributed by atoms with E-state index >= 15 is 0 Å². The van der Waals surface area contributed by atoms with Gasteiger partial charge in [-0.2, -0.15) is 0 Å². The molecule has 1 unspecified atom stereocenters. The topological polar surface area (TPSA) is 14.2 Å². The minimum absolute atomic E-state index is 0.209. The van der Waals surface area contributed by atoms with Gasteiger partial charge in [-0.25, -0.2) is 0 Å². The average molecular weight is 372 g/mol. The van der Waals surface area contributed by atoms with Gasteiger partial charge < -0.3 is 9.30 Å². The Morgan fingerprint density at radius 2 is 2.07 bits per heavy atom. The van der Waals surface area contributed by atoms with Gasteiger partial charge >= 0.3 is 0 Å². The number of aromatic nitrogens is 1. The number of hydrogen-bond acceptors (Lipinski definition) is 1. The number of rotatable bonds is 5. The van der Waals surface area contributed by atoms with Crippen molar-refractivity contribution < 1.29 is 4.74 Å². The van der Waals surface area contributed by atoms with Gasteiger partial charge in [0.1, 0.15) is 0 Å². The zero-order valence-electron chi connectivity index (χ0n) is 17.2. The van der Waals surface area contributed by atoms with Crippen LogP contribution in [0.3, 0.4) is 0 Å². The van der Waals surface area contributed by atoms with E-state index in [9.17, 15) is 0 Å². The predicted molar refractivity (Wildman–Crippen MR) is 121 cm³/mol. The molecule has 0 spiro atoms. The standard InChI is InChI=1S/C26H29NO/c1-6-8-24-22(7-2)23-10-9-20(17-25(23)27(24)5)19-11-13-26(4,14-12-19)28-21-15-18(3)16-21/h6-13,17,21H,2-3,14-16H2,1,4-5H3/b8-6-. The van der Waals surface area contributed by atoms with E-state index in [0.29, 0.717) is 6.10 Å². The van der Waals surface area contributed by atoms with E-state index in [1.807, 2.05) is 13.0 Å². The fourth-order valence-corrected chi connectivity index (χ4v) is 4.30. The first-order chi connectivity index (χ1) is 13.4. The van der Waals surface area contributed by atoms with E-state index < -0.39 is 0 Å². The van der Waals surface area contributed by atoms with Crippen molar-refractivity contribution >= 4 is 28.6 Å². The van der Waals surface area contributed by atoms with Crippen LogP contribution in [-0.2, 0) is 11.8 Å². The first-order valence-corrected chi connectivity index (χ1v) is 10.1. The van der Waals surface area contributed by atoms with Gasteiger partial charge in [0.15, 0.2) is 0 Å². The number of hydrogen-bond donors (Lipinski definition) is 0. The van der Waals surface area contributed by atoms with Crippen LogP contribution in [0.2, 0.25) is 0 Å². The smallest absolute Gasteiger partial charge is 0.0876 e. The Morgan fingerprint density at radius 1 is 1.29 bits per heavy atom. The van der Waals surface area contributed by atoms with Crippen molar-refractivity contribution in [3.05, 3.63) is 78.1 Å². The molecule has 2 aromatic rings. The highest BCUT2D eigenvalue weighted by atomic mass is 16.5. The molecule has 1 fully saturated rings. The van der Waals surface area contributed by atoms with Gasteiger partial charge in [-0.1, -0.05) is 61.2 Å².